The van der Waals surface area contributed by atoms with Gasteiger partial charge in [-0.15, -0.1) is 11.3 Å². The van der Waals surface area contributed by atoms with Gasteiger partial charge in [-0.2, -0.15) is 0 Å². The largest absolute Gasteiger partial charge is 0.365 e. The van der Waals surface area contributed by atoms with Crippen LogP contribution in [0.25, 0.3) is 0 Å². The molecule has 0 unspecified atom stereocenters. The molecule has 1 heterocycles. The maximum atomic E-state index is 14.5. The Labute approximate surface area is 169 Å². The number of nitrogens with zero attached hydrogens (tertiary/aromatic N) is 1. The molecule has 3 rings (SSSR count). The Bertz CT molecular complexity index is 1050. The van der Waals surface area contributed by atoms with Crippen LogP contribution in [0, 0.1) is 5.82 Å². The fourth-order valence-corrected chi connectivity index (χ4v) is 4.49. The lowest BCUT2D eigenvalue weighted by molar-refractivity contribution is 0.570. The number of sulfonamides is 1. The highest BCUT2D eigenvalue weighted by atomic mass is 35.5. The highest BCUT2D eigenvalue weighted by Gasteiger charge is 2.23. The Hall–Kier alpha value is -1.91. The molecule has 0 aliphatic heterocycles. The van der Waals surface area contributed by atoms with Crippen LogP contribution in [0.3, 0.4) is 0 Å². The summed E-state index contributed by atoms with van der Waals surface area (Å²) in [7, 11) is -4.17. The standard InChI is InChI=1S/C16H13Cl2FN4O2S2/c17-10-3-1-9(2-4-10)15(20)22-13-8-12(19)14(7-11(13)18)27(24,25)23-16-21-5-6-26-16/h1-8,15,22H,20H2,(H,21,23)/t15-/m1/s1. The van der Waals surface area contributed by atoms with Gasteiger partial charge in [0.2, 0.25) is 0 Å². The van der Waals surface area contributed by atoms with E-state index in [1.807, 2.05) is 0 Å². The maximum Gasteiger partial charge on any atom is 0.266 e. The summed E-state index contributed by atoms with van der Waals surface area (Å²) >= 11 is 13.0. The number of halogens is 3. The maximum absolute atomic E-state index is 14.5. The van der Waals surface area contributed by atoms with Crippen molar-refractivity contribution in [3.8, 4) is 0 Å². The van der Waals surface area contributed by atoms with Gasteiger partial charge in [-0.25, -0.2) is 17.8 Å². The monoisotopic (exact) mass is 446 g/mol. The van der Waals surface area contributed by atoms with Crippen LogP contribution < -0.4 is 15.8 Å². The van der Waals surface area contributed by atoms with E-state index in [1.165, 1.54) is 6.20 Å². The lowest BCUT2D eigenvalue weighted by atomic mass is 10.1. The zero-order valence-electron chi connectivity index (χ0n) is 13.5. The molecule has 3 aromatic rings. The number of hydrogen-bond acceptors (Lipinski definition) is 6. The van der Waals surface area contributed by atoms with Crippen LogP contribution in [-0.4, -0.2) is 13.4 Å². The molecule has 0 saturated heterocycles. The Morgan fingerprint density at radius 3 is 2.52 bits per heavy atom. The minimum atomic E-state index is -4.17. The van der Waals surface area contributed by atoms with E-state index in [9.17, 15) is 12.8 Å². The van der Waals surface area contributed by atoms with Gasteiger partial charge >= 0.3 is 0 Å². The average Bonchev–Trinajstić information content (AvgIpc) is 3.10. The number of nitrogens with one attached hydrogen (secondary N) is 2. The molecule has 0 bridgehead atoms. The number of thiazole rings is 1. The number of anilines is 2. The molecular formula is C16H13Cl2FN4O2S2. The van der Waals surface area contributed by atoms with E-state index in [-0.39, 0.29) is 15.8 Å². The van der Waals surface area contributed by atoms with Crippen LogP contribution in [0.2, 0.25) is 10.0 Å². The third-order valence-corrected chi connectivity index (χ3v) is 6.24. The summed E-state index contributed by atoms with van der Waals surface area (Å²) in [5.74, 6) is -0.978. The van der Waals surface area contributed by atoms with Gasteiger partial charge in [-0.05, 0) is 29.8 Å². The molecule has 142 valence electrons. The second kappa shape index (κ2) is 7.99. The van der Waals surface area contributed by atoms with E-state index in [0.717, 1.165) is 23.5 Å². The van der Waals surface area contributed by atoms with Crippen LogP contribution in [0.1, 0.15) is 11.7 Å². The van der Waals surface area contributed by atoms with Crippen molar-refractivity contribution in [2.45, 2.75) is 11.1 Å². The van der Waals surface area contributed by atoms with Gasteiger partial charge in [0.05, 0.1) is 10.7 Å². The lowest BCUT2D eigenvalue weighted by Crippen LogP contribution is -2.21. The van der Waals surface area contributed by atoms with Gasteiger partial charge < -0.3 is 11.1 Å². The molecule has 0 saturated carbocycles. The van der Waals surface area contributed by atoms with Gasteiger partial charge in [-0.1, -0.05) is 35.3 Å². The number of benzene rings is 2. The molecule has 0 aliphatic carbocycles. The first-order chi connectivity index (χ1) is 12.8. The third kappa shape index (κ3) is 4.69. The van der Waals surface area contributed by atoms with Crippen LogP contribution in [0.5, 0.6) is 0 Å². The summed E-state index contributed by atoms with van der Waals surface area (Å²) in [6, 6.07) is 8.75. The van der Waals surface area contributed by atoms with E-state index in [2.05, 4.69) is 15.0 Å². The minimum Gasteiger partial charge on any atom is -0.365 e. The topological polar surface area (TPSA) is 97.1 Å². The normalized spacial score (nSPS) is 12.6. The summed E-state index contributed by atoms with van der Waals surface area (Å²) in [4.78, 5) is 3.22. The lowest BCUT2D eigenvalue weighted by Gasteiger charge is -2.18. The minimum absolute atomic E-state index is 0.000303. The van der Waals surface area contributed by atoms with E-state index in [0.29, 0.717) is 10.6 Å². The van der Waals surface area contributed by atoms with Gasteiger partial charge in [0.15, 0.2) is 5.13 Å². The number of aromatic nitrogens is 1. The molecule has 4 N–H and O–H groups in total. The summed E-state index contributed by atoms with van der Waals surface area (Å²) in [6.07, 6.45) is 0.729. The fourth-order valence-electron chi connectivity index (χ4n) is 2.21. The van der Waals surface area contributed by atoms with Crippen molar-refractivity contribution in [3.63, 3.8) is 0 Å². The smallest absolute Gasteiger partial charge is 0.266 e. The molecule has 0 spiro atoms. The molecule has 6 nitrogen and oxygen atoms in total. The first-order valence-corrected chi connectivity index (χ1v) is 10.6. The van der Waals surface area contributed by atoms with E-state index in [4.69, 9.17) is 28.9 Å². The second-order valence-corrected chi connectivity index (χ2v) is 8.77. The fraction of sp³-hybridized carbons (Fsp3) is 0.0625. The Kier molecular flexibility index (Phi) is 5.87. The van der Waals surface area contributed by atoms with Gasteiger partial charge in [-0.3, -0.25) is 4.72 Å². The third-order valence-electron chi connectivity index (χ3n) is 3.51. The van der Waals surface area contributed by atoms with E-state index < -0.39 is 26.9 Å². The summed E-state index contributed by atoms with van der Waals surface area (Å²) in [5, 5.41) is 5.11. The van der Waals surface area contributed by atoms with Gasteiger partial charge in [0.1, 0.15) is 16.9 Å². The molecule has 0 fully saturated rings. The summed E-state index contributed by atoms with van der Waals surface area (Å²) in [6.45, 7) is 0. The highest BCUT2D eigenvalue weighted by Crippen LogP contribution is 2.31. The summed E-state index contributed by atoms with van der Waals surface area (Å²) in [5.41, 5.74) is 6.89. The zero-order valence-corrected chi connectivity index (χ0v) is 16.6. The molecule has 0 amide bonds. The molecule has 27 heavy (non-hydrogen) atoms. The number of hydrogen-bond donors (Lipinski definition) is 3. The first-order valence-electron chi connectivity index (χ1n) is 7.45. The van der Waals surface area contributed by atoms with Crippen molar-refractivity contribution >= 4 is 55.4 Å². The van der Waals surface area contributed by atoms with E-state index >= 15 is 0 Å². The molecule has 1 aromatic heterocycles. The Morgan fingerprint density at radius 1 is 1.19 bits per heavy atom. The number of rotatable bonds is 6. The predicted octanol–water partition coefficient (Wildman–Crippen LogP) is 4.46. The highest BCUT2D eigenvalue weighted by molar-refractivity contribution is 7.93. The first kappa shape index (κ1) is 19.8. The van der Waals surface area contributed by atoms with E-state index in [1.54, 1.807) is 29.6 Å². The van der Waals surface area contributed by atoms with Crippen LogP contribution in [0.15, 0.2) is 52.9 Å². The van der Waals surface area contributed by atoms with Crippen molar-refractivity contribution in [2.24, 2.45) is 5.73 Å². The van der Waals surface area contributed by atoms with Crippen molar-refractivity contribution in [3.05, 3.63) is 69.4 Å². The van der Waals surface area contributed by atoms with Crippen molar-refractivity contribution in [1.82, 2.24) is 4.98 Å². The van der Waals surface area contributed by atoms with Crippen LogP contribution >= 0.6 is 34.5 Å². The molecule has 11 heteroatoms. The summed E-state index contributed by atoms with van der Waals surface area (Å²) < 4.78 is 41.4. The number of nitrogens with two attached hydrogens (primary N) is 1. The molecule has 2 aromatic carbocycles. The van der Waals surface area contributed by atoms with Gasteiger partial charge in [0.25, 0.3) is 10.0 Å². The Balaban J connectivity index is 1.85. The van der Waals surface area contributed by atoms with Crippen molar-refractivity contribution in [1.29, 1.82) is 0 Å². The van der Waals surface area contributed by atoms with Crippen LogP contribution in [0.4, 0.5) is 15.2 Å². The molecule has 1 atom stereocenters. The molecule has 0 radical (unpaired) electrons. The van der Waals surface area contributed by atoms with Crippen LogP contribution in [-0.2, 0) is 10.0 Å². The SMILES string of the molecule is N[C@H](Nc1cc(F)c(S(=O)(=O)Nc2nccs2)cc1Cl)c1ccc(Cl)cc1. The molecule has 0 aliphatic rings. The molecular weight excluding hydrogens is 434 g/mol. The second-order valence-electron chi connectivity index (χ2n) is 5.38. The quantitative estimate of drug-likeness (QED) is 0.485. The Morgan fingerprint density at radius 2 is 1.89 bits per heavy atom. The van der Waals surface area contributed by atoms with Crippen molar-refractivity contribution in [2.75, 3.05) is 10.0 Å². The average molecular weight is 447 g/mol. The van der Waals surface area contributed by atoms with Crippen molar-refractivity contribution < 1.29 is 12.8 Å². The van der Waals surface area contributed by atoms with Gasteiger partial charge in [0, 0.05) is 16.6 Å². The zero-order chi connectivity index (χ0) is 19.6. The predicted molar refractivity (Wildman–Crippen MR) is 106 cm³/mol.